The van der Waals surface area contributed by atoms with Crippen molar-refractivity contribution in [3.05, 3.63) is 34.9 Å². The van der Waals surface area contributed by atoms with Crippen LogP contribution in [0.25, 0.3) is 0 Å². The van der Waals surface area contributed by atoms with Gasteiger partial charge in [-0.3, -0.25) is 0 Å². The van der Waals surface area contributed by atoms with E-state index in [1.807, 2.05) is 38.1 Å². The van der Waals surface area contributed by atoms with E-state index >= 15 is 0 Å². The second-order valence-electron chi connectivity index (χ2n) is 5.36. The fraction of sp³-hybridized carbons (Fsp3) is 0.562. The summed E-state index contributed by atoms with van der Waals surface area (Å²) < 4.78 is 24.5. The Bertz CT molecular complexity index is 617. The van der Waals surface area contributed by atoms with Crippen molar-refractivity contribution < 1.29 is 8.42 Å². The standard InChI is InChI=1S/C16H27ClN4O2S/c1-4-18-16(20-13-14-7-9-15(17)10-8-14)19-11-6-12-21(5-2)24(3,22)23/h7-10H,4-6,11-13H2,1-3H3,(H2,18,19,20). The summed E-state index contributed by atoms with van der Waals surface area (Å²) in [5.41, 5.74) is 1.07. The van der Waals surface area contributed by atoms with Crippen molar-refractivity contribution in [2.75, 3.05) is 32.4 Å². The number of sulfonamides is 1. The summed E-state index contributed by atoms with van der Waals surface area (Å²) in [7, 11) is -3.13. The Hall–Kier alpha value is -1.31. The molecule has 1 rings (SSSR count). The topological polar surface area (TPSA) is 73.8 Å². The average Bonchev–Trinajstić information content (AvgIpc) is 2.52. The Morgan fingerprint density at radius 2 is 1.88 bits per heavy atom. The molecule has 0 spiro atoms. The summed E-state index contributed by atoms with van der Waals surface area (Å²) in [5, 5.41) is 7.11. The molecule has 24 heavy (non-hydrogen) atoms. The molecule has 2 N–H and O–H groups in total. The van der Waals surface area contributed by atoms with E-state index in [-0.39, 0.29) is 0 Å². The third-order valence-electron chi connectivity index (χ3n) is 3.38. The van der Waals surface area contributed by atoms with Crippen molar-refractivity contribution in [3.63, 3.8) is 0 Å². The summed E-state index contributed by atoms with van der Waals surface area (Å²) in [6.07, 6.45) is 1.95. The molecule has 0 unspecified atom stereocenters. The van der Waals surface area contributed by atoms with Gasteiger partial charge in [-0.2, -0.15) is 0 Å². The molecule has 1 aromatic carbocycles. The van der Waals surface area contributed by atoms with Crippen LogP contribution in [0.2, 0.25) is 5.02 Å². The van der Waals surface area contributed by atoms with E-state index < -0.39 is 10.0 Å². The van der Waals surface area contributed by atoms with Gasteiger partial charge >= 0.3 is 0 Å². The van der Waals surface area contributed by atoms with Crippen LogP contribution in [0.3, 0.4) is 0 Å². The first-order valence-corrected chi connectivity index (χ1v) is 10.3. The number of halogens is 1. The maximum absolute atomic E-state index is 11.5. The van der Waals surface area contributed by atoms with Gasteiger partial charge < -0.3 is 10.6 Å². The first-order valence-electron chi connectivity index (χ1n) is 8.08. The molecular weight excluding hydrogens is 348 g/mol. The molecule has 0 radical (unpaired) electrons. The van der Waals surface area contributed by atoms with Crippen LogP contribution in [0.4, 0.5) is 0 Å². The van der Waals surface area contributed by atoms with E-state index in [9.17, 15) is 8.42 Å². The van der Waals surface area contributed by atoms with E-state index in [0.29, 0.717) is 37.6 Å². The highest BCUT2D eigenvalue weighted by atomic mass is 35.5. The third kappa shape index (κ3) is 7.99. The van der Waals surface area contributed by atoms with Crippen LogP contribution in [0, 0.1) is 0 Å². The number of rotatable bonds is 9. The summed E-state index contributed by atoms with van der Waals surface area (Å²) in [6.45, 7) is 6.79. The van der Waals surface area contributed by atoms with E-state index in [1.165, 1.54) is 10.6 Å². The molecule has 0 saturated carbocycles. The van der Waals surface area contributed by atoms with Crippen LogP contribution in [0.5, 0.6) is 0 Å². The van der Waals surface area contributed by atoms with E-state index in [0.717, 1.165) is 18.1 Å². The maximum atomic E-state index is 11.5. The maximum Gasteiger partial charge on any atom is 0.211 e. The highest BCUT2D eigenvalue weighted by Gasteiger charge is 2.13. The van der Waals surface area contributed by atoms with Crippen LogP contribution >= 0.6 is 11.6 Å². The number of nitrogens with one attached hydrogen (secondary N) is 2. The van der Waals surface area contributed by atoms with E-state index in [4.69, 9.17) is 11.6 Å². The Labute approximate surface area is 150 Å². The summed E-state index contributed by atoms with van der Waals surface area (Å²) in [4.78, 5) is 4.52. The first-order chi connectivity index (χ1) is 11.4. The second kappa shape index (κ2) is 10.5. The molecular formula is C16H27ClN4O2S. The monoisotopic (exact) mass is 374 g/mol. The molecule has 0 bridgehead atoms. The Kier molecular flexibility index (Phi) is 9.10. The largest absolute Gasteiger partial charge is 0.357 e. The minimum absolute atomic E-state index is 0.490. The van der Waals surface area contributed by atoms with Crippen LogP contribution in [0.1, 0.15) is 25.8 Å². The number of benzene rings is 1. The fourth-order valence-electron chi connectivity index (χ4n) is 2.12. The van der Waals surface area contributed by atoms with Crippen molar-refractivity contribution in [3.8, 4) is 0 Å². The lowest BCUT2D eigenvalue weighted by Crippen LogP contribution is -2.39. The molecule has 0 aliphatic heterocycles. The van der Waals surface area contributed by atoms with E-state index in [1.54, 1.807) is 0 Å². The Morgan fingerprint density at radius 3 is 2.42 bits per heavy atom. The Balaban J connectivity index is 2.48. The van der Waals surface area contributed by atoms with Crippen LogP contribution in [0.15, 0.2) is 29.3 Å². The molecule has 0 aromatic heterocycles. The van der Waals surface area contributed by atoms with Crippen molar-refractivity contribution in [2.45, 2.75) is 26.8 Å². The second-order valence-corrected chi connectivity index (χ2v) is 7.78. The molecule has 0 heterocycles. The van der Waals surface area contributed by atoms with Gasteiger partial charge in [0.2, 0.25) is 10.0 Å². The smallest absolute Gasteiger partial charge is 0.211 e. The van der Waals surface area contributed by atoms with Gasteiger partial charge in [0.25, 0.3) is 0 Å². The lowest BCUT2D eigenvalue weighted by atomic mass is 10.2. The predicted molar refractivity (Wildman–Crippen MR) is 101 cm³/mol. The van der Waals surface area contributed by atoms with Crippen LogP contribution in [-0.4, -0.2) is 51.1 Å². The van der Waals surface area contributed by atoms with Crippen molar-refractivity contribution in [1.82, 2.24) is 14.9 Å². The molecule has 6 nitrogen and oxygen atoms in total. The van der Waals surface area contributed by atoms with Crippen molar-refractivity contribution >= 4 is 27.6 Å². The highest BCUT2D eigenvalue weighted by molar-refractivity contribution is 7.88. The van der Waals surface area contributed by atoms with Gasteiger partial charge in [0, 0.05) is 31.2 Å². The number of hydrogen-bond donors (Lipinski definition) is 2. The molecule has 136 valence electrons. The van der Waals surface area contributed by atoms with Crippen LogP contribution in [-0.2, 0) is 16.6 Å². The highest BCUT2D eigenvalue weighted by Crippen LogP contribution is 2.10. The van der Waals surface area contributed by atoms with Gasteiger partial charge in [0.1, 0.15) is 0 Å². The molecule has 0 amide bonds. The van der Waals surface area contributed by atoms with Gasteiger partial charge in [-0.05, 0) is 31.0 Å². The lowest BCUT2D eigenvalue weighted by Gasteiger charge is -2.18. The van der Waals surface area contributed by atoms with Gasteiger partial charge in [-0.25, -0.2) is 17.7 Å². The van der Waals surface area contributed by atoms with Crippen LogP contribution < -0.4 is 10.6 Å². The molecule has 0 atom stereocenters. The number of hydrogen-bond acceptors (Lipinski definition) is 3. The molecule has 0 saturated heterocycles. The third-order valence-corrected chi connectivity index (χ3v) is 5.01. The molecule has 8 heteroatoms. The van der Waals surface area contributed by atoms with Crippen molar-refractivity contribution in [1.29, 1.82) is 0 Å². The predicted octanol–water partition coefficient (Wildman–Crippen LogP) is 2.07. The van der Waals surface area contributed by atoms with Gasteiger partial charge in [-0.1, -0.05) is 30.7 Å². The fourth-order valence-corrected chi connectivity index (χ4v) is 3.18. The molecule has 0 aliphatic carbocycles. The minimum Gasteiger partial charge on any atom is -0.357 e. The summed E-state index contributed by atoms with van der Waals surface area (Å²) >= 11 is 5.87. The van der Waals surface area contributed by atoms with Crippen molar-refractivity contribution in [2.24, 2.45) is 4.99 Å². The zero-order valence-electron chi connectivity index (χ0n) is 14.5. The average molecular weight is 375 g/mol. The molecule has 1 aromatic rings. The minimum atomic E-state index is -3.13. The first kappa shape index (κ1) is 20.7. The normalized spacial score (nSPS) is 12.5. The lowest BCUT2D eigenvalue weighted by molar-refractivity contribution is 0.424. The SMILES string of the molecule is CCNC(=NCc1ccc(Cl)cc1)NCCCN(CC)S(C)(=O)=O. The van der Waals surface area contributed by atoms with Gasteiger partial charge in [-0.15, -0.1) is 0 Å². The van der Waals surface area contributed by atoms with Gasteiger partial charge in [0.15, 0.2) is 5.96 Å². The summed E-state index contributed by atoms with van der Waals surface area (Å²) in [5.74, 6) is 0.717. The van der Waals surface area contributed by atoms with E-state index in [2.05, 4.69) is 15.6 Å². The zero-order valence-corrected chi connectivity index (χ0v) is 16.1. The Morgan fingerprint density at radius 1 is 1.21 bits per heavy atom. The molecule has 0 fully saturated rings. The zero-order chi connectivity index (χ0) is 18.0. The number of nitrogens with zero attached hydrogens (tertiary/aromatic N) is 2. The quantitative estimate of drug-likeness (QED) is 0.394. The number of guanidine groups is 1. The molecule has 0 aliphatic rings. The summed E-state index contributed by atoms with van der Waals surface area (Å²) in [6, 6.07) is 7.58. The number of aliphatic imine (C=N–C) groups is 1. The van der Waals surface area contributed by atoms with Gasteiger partial charge in [0.05, 0.1) is 12.8 Å².